The predicted molar refractivity (Wildman–Crippen MR) is 86.3 cm³/mol. The van der Waals surface area contributed by atoms with Crippen molar-refractivity contribution >= 4 is 16.6 Å². The maximum Gasteiger partial charge on any atom is 0.0457 e. The van der Waals surface area contributed by atoms with Gasteiger partial charge in [-0.05, 0) is 43.5 Å². The number of anilines is 1. The molecule has 2 N–H and O–H groups in total. The molecule has 0 bridgehead atoms. The molecule has 3 rings (SSSR count). The molecule has 0 radical (unpaired) electrons. The van der Waals surface area contributed by atoms with Crippen LogP contribution < -0.4 is 5.32 Å². The fourth-order valence-corrected chi connectivity index (χ4v) is 2.92. The fraction of sp³-hybridized carbons (Fsp3) is 0.222. The van der Waals surface area contributed by atoms with Gasteiger partial charge in [0.1, 0.15) is 0 Å². The standard InChI is InChI=1S/C18H20N2/c1-12-8-13(2)18(14(3)9-12)20-11-15-10-19-17-7-5-4-6-16(15)17/h4-10,19-20H,11H2,1-3H3. The van der Waals surface area contributed by atoms with Crippen LogP contribution in [-0.4, -0.2) is 4.98 Å². The zero-order valence-electron chi connectivity index (χ0n) is 12.2. The van der Waals surface area contributed by atoms with Gasteiger partial charge in [0, 0.05) is 29.3 Å². The number of H-pyrrole nitrogens is 1. The van der Waals surface area contributed by atoms with Crippen molar-refractivity contribution in [3.8, 4) is 0 Å². The lowest BCUT2D eigenvalue weighted by atomic mass is 10.0. The molecule has 0 unspecified atom stereocenters. The summed E-state index contributed by atoms with van der Waals surface area (Å²) in [6.07, 6.45) is 2.09. The molecule has 0 amide bonds. The van der Waals surface area contributed by atoms with Crippen molar-refractivity contribution in [2.75, 3.05) is 5.32 Å². The van der Waals surface area contributed by atoms with E-state index in [1.54, 1.807) is 0 Å². The van der Waals surface area contributed by atoms with Crippen LogP contribution >= 0.6 is 0 Å². The lowest BCUT2D eigenvalue weighted by molar-refractivity contribution is 1.14. The molecule has 2 heteroatoms. The first-order valence-electron chi connectivity index (χ1n) is 7.02. The molecule has 1 heterocycles. The summed E-state index contributed by atoms with van der Waals surface area (Å²) in [6, 6.07) is 12.9. The van der Waals surface area contributed by atoms with Gasteiger partial charge in [-0.25, -0.2) is 0 Å². The van der Waals surface area contributed by atoms with Gasteiger partial charge in [-0.2, -0.15) is 0 Å². The molecule has 20 heavy (non-hydrogen) atoms. The molecule has 0 spiro atoms. The van der Waals surface area contributed by atoms with Crippen LogP contribution in [0.4, 0.5) is 5.69 Å². The number of para-hydroxylation sites is 1. The number of aryl methyl sites for hydroxylation is 3. The average Bonchev–Trinajstić information content (AvgIpc) is 2.81. The van der Waals surface area contributed by atoms with E-state index in [-0.39, 0.29) is 0 Å². The maximum atomic E-state index is 3.58. The monoisotopic (exact) mass is 264 g/mol. The van der Waals surface area contributed by atoms with Crippen molar-refractivity contribution in [2.24, 2.45) is 0 Å². The van der Waals surface area contributed by atoms with E-state index in [0.717, 1.165) is 6.54 Å². The Morgan fingerprint density at radius 2 is 1.70 bits per heavy atom. The molecule has 0 aliphatic heterocycles. The number of aromatic nitrogens is 1. The van der Waals surface area contributed by atoms with Crippen molar-refractivity contribution < 1.29 is 0 Å². The molecule has 1 aromatic heterocycles. The largest absolute Gasteiger partial charge is 0.380 e. The molecule has 102 valence electrons. The van der Waals surface area contributed by atoms with Crippen molar-refractivity contribution in [1.82, 2.24) is 4.98 Å². The minimum atomic E-state index is 0.842. The van der Waals surface area contributed by atoms with Crippen molar-refractivity contribution in [3.05, 3.63) is 64.8 Å². The predicted octanol–water partition coefficient (Wildman–Crippen LogP) is 4.71. The van der Waals surface area contributed by atoms with E-state index in [9.17, 15) is 0 Å². The zero-order chi connectivity index (χ0) is 14.1. The van der Waals surface area contributed by atoms with Gasteiger partial charge in [0.05, 0.1) is 0 Å². The van der Waals surface area contributed by atoms with Crippen LogP contribution in [0.3, 0.4) is 0 Å². The molecule has 0 atom stereocenters. The average molecular weight is 264 g/mol. The number of hydrogen-bond acceptors (Lipinski definition) is 1. The molecule has 2 aromatic carbocycles. The van der Waals surface area contributed by atoms with Crippen LogP contribution in [0.15, 0.2) is 42.6 Å². The molecular formula is C18H20N2. The van der Waals surface area contributed by atoms with Gasteiger partial charge in [-0.15, -0.1) is 0 Å². The summed E-state index contributed by atoms with van der Waals surface area (Å²) in [5.41, 5.74) is 7.69. The first-order valence-corrected chi connectivity index (χ1v) is 7.02. The van der Waals surface area contributed by atoms with Gasteiger partial charge in [0.2, 0.25) is 0 Å². The Kier molecular flexibility index (Phi) is 3.23. The summed E-state index contributed by atoms with van der Waals surface area (Å²) < 4.78 is 0. The van der Waals surface area contributed by atoms with Gasteiger partial charge in [0.25, 0.3) is 0 Å². The third kappa shape index (κ3) is 2.29. The molecule has 0 aliphatic rings. The number of hydrogen-bond donors (Lipinski definition) is 2. The second-order valence-electron chi connectivity index (χ2n) is 5.49. The molecular weight excluding hydrogens is 244 g/mol. The highest BCUT2D eigenvalue weighted by molar-refractivity contribution is 5.83. The van der Waals surface area contributed by atoms with Crippen LogP contribution in [0.1, 0.15) is 22.3 Å². The first-order chi connectivity index (χ1) is 9.65. The third-order valence-corrected chi connectivity index (χ3v) is 3.81. The summed E-state index contributed by atoms with van der Waals surface area (Å²) in [5, 5.41) is 4.88. The molecule has 0 aliphatic carbocycles. The second-order valence-corrected chi connectivity index (χ2v) is 5.49. The van der Waals surface area contributed by atoms with E-state index in [0.29, 0.717) is 0 Å². The highest BCUT2D eigenvalue weighted by atomic mass is 14.9. The summed E-state index contributed by atoms with van der Waals surface area (Å²) in [6.45, 7) is 7.31. The van der Waals surface area contributed by atoms with E-state index in [2.05, 4.69) is 73.7 Å². The van der Waals surface area contributed by atoms with Gasteiger partial charge >= 0.3 is 0 Å². The highest BCUT2D eigenvalue weighted by Crippen LogP contribution is 2.24. The Morgan fingerprint density at radius 1 is 1.00 bits per heavy atom. The molecule has 0 fully saturated rings. The number of nitrogens with one attached hydrogen (secondary N) is 2. The zero-order valence-corrected chi connectivity index (χ0v) is 12.2. The first kappa shape index (κ1) is 12.8. The van der Waals surface area contributed by atoms with Crippen LogP contribution in [-0.2, 0) is 6.54 Å². The van der Waals surface area contributed by atoms with Crippen LogP contribution in [0.25, 0.3) is 10.9 Å². The number of fused-ring (bicyclic) bond motifs is 1. The van der Waals surface area contributed by atoms with E-state index in [1.165, 1.54) is 38.8 Å². The topological polar surface area (TPSA) is 27.8 Å². The van der Waals surface area contributed by atoms with Crippen molar-refractivity contribution in [3.63, 3.8) is 0 Å². The molecule has 3 aromatic rings. The van der Waals surface area contributed by atoms with Crippen LogP contribution in [0.5, 0.6) is 0 Å². The fourth-order valence-electron chi connectivity index (χ4n) is 2.92. The second kappa shape index (κ2) is 5.04. The highest BCUT2D eigenvalue weighted by Gasteiger charge is 2.06. The van der Waals surface area contributed by atoms with E-state index >= 15 is 0 Å². The van der Waals surface area contributed by atoms with Gasteiger partial charge in [-0.1, -0.05) is 35.9 Å². The van der Waals surface area contributed by atoms with Crippen molar-refractivity contribution in [1.29, 1.82) is 0 Å². The SMILES string of the molecule is Cc1cc(C)c(NCc2c[nH]c3ccccc23)c(C)c1. The Hall–Kier alpha value is -2.22. The normalized spacial score (nSPS) is 10.9. The lowest BCUT2D eigenvalue weighted by Gasteiger charge is -2.13. The van der Waals surface area contributed by atoms with Gasteiger partial charge in [-0.3, -0.25) is 0 Å². The number of aromatic amines is 1. The Balaban J connectivity index is 1.87. The lowest BCUT2D eigenvalue weighted by Crippen LogP contribution is -2.03. The summed E-state index contributed by atoms with van der Waals surface area (Å²) in [7, 11) is 0. The third-order valence-electron chi connectivity index (χ3n) is 3.81. The minimum Gasteiger partial charge on any atom is -0.380 e. The summed E-state index contributed by atoms with van der Waals surface area (Å²) in [4.78, 5) is 3.32. The van der Waals surface area contributed by atoms with Crippen LogP contribution in [0, 0.1) is 20.8 Å². The van der Waals surface area contributed by atoms with E-state index in [4.69, 9.17) is 0 Å². The Bertz CT molecular complexity index is 730. The minimum absolute atomic E-state index is 0.842. The van der Waals surface area contributed by atoms with Gasteiger partial charge in [0.15, 0.2) is 0 Å². The Labute approximate surface area is 119 Å². The molecule has 0 saturated carbocycles. The summed E-state index contributed by atoms with van der Waals surface area (Å²) in [5.74, 6) is 0. The number of rotatable bonds is 3. The summed E-state index contributed by atoms with van der Waals surface area (Å²) >= 11 is 0. The smallest absolute Gasteiger partial charge is 0.0457 e. The van der Waals surface area contributed by atoms with Gasteiger partial charge < -0.3 is 10.3 Å². The van der Waals surface area contributed by atoms with Crippen molar-refractivity contribution in [2.45, 2.75) is 27.3 Å². The Morgan fingerprint density at radius 3 is 2.45 bits per heavy atom. The molecule has 0 saturated heterocycles. The maximum absolute atomic E-state index is 3.58. The molecule has 2 nitrogen and oxygen atoms in total. The number of benzene rings is 2. The van der Waals surface area contributed by atoms with Crippen LogP contribution in [0.2, 0.25) is 0 Å². The quantitative estimate of drug-likeness (QED) is 0.704. The van der Waals surface area contributed by atoms with E-state index < -0.39 is 0 Å². The van der Waals surface area contributed by atoms with E-state index in [1.807, 2.05) is 0 Å².